The second kappa shape index (κ2) is 4.42. The molecule has 1 aromatic heterocycles. The first kappa shape index (κ1) is 12.0. The van der Waals surface area contributed by atoms with Crippen LogP contribution in [0.15, 0.2) is 28.9 Å². The maximum atomic E-state index is 6.21. The molecule has 3 heteroatoms. The Kier molecular flexibility index (Phi) is 3.32. The van der Waals surface area contributed by atoms with Crippen molar-refractivity contribution in [2.75, 3.05) is 0 Å². The van der Waals surface area contributed by atoms with Crippen LogP contribution >= 0.6 is 27.5 Å². The lowest BCUT2D eigenvalue weighted by Gasteiger charge is -2.14. The molecule has 0 radical (unpaired) electrons. The van der Waals surface area contributed by atoms with Crippen LogP contribution < -0.4 is 0 Å². The average Bonchev–Trinajstić information content (AvgIpc) is 2.56. The molecule has 0 saturated carbocycles. The third-order valence-electron chi connectivity index (χ3n) is 2.72. The normalized spacial score (nSPS) is 12.2. The van der Waals surface area contributed by atoms with Crippen molar-refractivity contribution >= 4 is 38.4 Å². The summed E-state index contributed by atoms with van der Waals surface area (Å²) in [7, 11) is 0. The van der Waals surface area contributed by atoms with Crippen molar-refractivity contribution in [1.82, 2.24) is 4.98 Å². The molecule has 16 heavy (non-hydrogen) atoms. The van der Waals surface area contributed by atoms with Crippen molar-refractivity contribution in [3.63, 3.8) is 0 Å². The van der Waals surface area contributed by atoms with E-state index in [1.54, 1.807) is 0 Å². The number of hydrogen-bond acceptors (Lipinski definition) is 0. The zero-order valence-electron chi connectivity index (χ0n) is 9.48. The van der Waals surface area contributed by atoms with Gasteiger partial charge in [-0.15, -0.1) is 11.6 Å². The number of nitrogens with one attached hydrogen (secondary N) is 1. The maximum absolute atomic E-state index is 6.21. The molecule has 0 aliphatic heterocycles. The summed E-state index contributed by atoms with van der Waals surface area (Å²) in [5.41, 5.74) is 2.52. The van der Waals surface area contributed by atoms with Crippen molar-refractivity contribution < 1.29 is 0 Å². The van der Waals surface area contributed by atoms with Gasteiger partial charge in [0.2, 0.25) is 0 Å². The molecule has 0 aliphatic carbocycles. The quantitative estimate of drug-likeness (QED) is 0.778. The van der Waals surface area contributed by atoms with Crippen molar-refractivity contribution in [2.45, 2.75) is 31.6 Å². The van der Waals surface area contributed by atoms with Crippen molar-refractivity contribution in [3.8, 4) is 0 Å². The summed E-state index contributed by atoms with van der Waals surface area (Å²) in [6.07, 6.45) is 4.07. The van der Waals surface area contributed by atoms with Gasteiger partial charge in [0.25, 0.3) is 0 Å². The van der Waals surface area contributed by atoms with E-state index in [0.717, 1.165) is 17.3 Å². The Morgan fingerprint density at radius 2 is 2.12 bits per heavy atom. The molecule has 1 aromatic carbocycles. The Hall–Kier alpha value is -0.470. The van der Waals surface area contributed by atoms with Crippen LogP contribution in [-0.4, -0.2) is 9.86 Å². The number of rotatable bonds is 3. The van der Waals surface area contributed by atoms with Gasteiger partial charge < -0.3 is 4.98 Å². The maximum Gasteiger partial charge on any atom is 0.0457 e. The smallest absolute Gasteiger partial charge is 0.0457 e. The van der Waals surface area contributed by atoms with E-state index >= 15 is 0 Å². The van der Waals surface area contributed by atoms with Crippen LogP contribution in [0.25, 0.3) is 10.9 Å². The Morgan fingerprint density at radius 1 is 1.38 bits per heavy atom. The van der Waals surface area contributed by atoms with E-state index in [-0.39, 0.29) is 4.87 Å². The number of H-pyrrole nitrogens is 1. The van der Waals surface area contributed by atoms with Crippen molar-refractivity contribution in [2.24, 2.45) is 0 Å². The lowest BCUT2D eigenvalue weighted by molar-refractivity contribution is 0.629. The minimum Gasteiger partial charge on any atom is -0.361 e. The van der Waals surface area contributed by atoms with Crippen LogP contribution in [0.2, 0.25) is 0 Å². The second-order valence-corrected chi connectivity index (χ2v) is 6.66. The Labute approximate surface area is 109 Å². The lowest BCUT2D eigenvalue weighted by atomic mass is 10.0. The summed E-state index contributed by atoms with van der Waals surface area (Å²) >= 11 is 9.71. The van der Waals surface area contributed by atoms with Gasteiger partial charge in [0.15, 0.2) is 0 Å². The van der Waals surface area contributed by atoms with Crippen LogP contribution in [0.4, 0.5) is 0 Å². The topological polar surface area (TPSA) is 15.8 Å². The molecular weight excluding hydrogens is 286 g/mol. The molecule has 2 rings (SSSR count). The molecule has 0 unspecified atom stereocenters. The van der Waals surface area contributed by atoms with Crippen molar-refractivity contribution in [3.05, 3.63) is 34.4 Å². The van der Waals surface area contributed by atoms with Crippen LogP contribution in [0.1, 0.15) is 25.8 Å². The van der Waals surface area contributed by atoms with Gasteiger partial charge in [-0.25, -0.2) is 0 Å². The first-order chi connectivity index (χ1) is 7.46. The summed E-state index contributed by atoms with van der Waals surface area (Å²) in [4.78, 5) is 3.16. The van der Waals surface area contributed by atoms with E-state index < -0.39 is 0 Å². The fourth-order valence-electron chi connectivity index (χ4n) is 1.79. The molecule has 0 spiro atoms. The molecule has 0 saturated heterocycles. The third kappa shape index (κ3) is 2.80. The summed E-state index contributed by atoms with van der Waals surface area (Å²) < 4.78 is 1.12. The first-order valence-electron chi connectivity index (χ1n) is 5.40. The Balaban J connectivity index is 2.28. The highest BCUT2D eigenvalue weighted by molar-refractivity contribution is 9.10. The summed E-state index contributed by atoms with van der Waals surface area (Å²) in [6, 6.07) is 6.30. The van der Waals surface area contributed by atoms with Gasteiger partial charge in [-0.2, -0.15) is 0 Å². The average molecular weight is 301 g/mol. The molecule has 0 bridgehead atoms. The van der Waals surface area contributed by atoms with Gasteiger partial charge in [-0.1, -0.05) is 15.9 Å². The van der Waals surface area contributed by atoms with Gasteiger partial charge in [0.1, 0.15) is 0 Å². The predicted molar refractivity (Wildman–Crippen MR) is 74.3 cm³/mol. The molecule has 1 N–H and O–H groups in total. The van der Waals surface area contributed by atoms with E-state index in [0.29, 0.717) is 0 Å². The summed E-state index contributed by atoms with van der Waals surface area (Å²) in [5.74, 6) is 0. The fourth-order valence-corrected chi connectivity index (χ4v) is 2.24. The molecular formula is C13H15BrClN. The molecule has 86 valence electrons. The molecule has 0 atom stereocenters. The van der Waals surface area contributed by atoms with E-state index in [1.165, 1.54) is 16.5 Å². The first-order valence-corrected chi connectivity index (χ1v) is 6.57. The molecule has 1 nitrogen and oxygen atoms in total. The van der Waals surface area contributed by atoms with E-state index in [9.17, 15) is 0 Å². The number of aryl methyl sites for hydroxylation is 1. The summed E-state index contributed by atoms with van der Waals surface area (Å²) in [6.45, 7) is 4.11. The number of halogens is 2. The monoisotopic (exact) mass is 299 g/mol. The highest BCUT2D eigenvalue weighted by Crippen LogP contribution is 2.26. The Morgan fingerprint density at radius 3 is 2.81 bits per heavy atom. The van der Waals surface area contributed by atoms with Crippen LogP contribution in [0.3, 0.4) is 0 Å². The molecule has 2 aromatic rings. The lowest BCUT2D eigenvalue weighted by Crippen LogP contribution is -2.10. The number of fused-ring (bicyclic) bond motifs is 1. The van der Waals surface area contributed by atoms with Gasteiger partial charge in [0.05, 0.1) is 0 Å². The second-order valence-electron chi connectivity index (χ2n) is 4.72. The minimum absolute atomic E-state index is 0.129. The highest BCUT2D eigenvalue weighted by atomic mass is 79.9. The molecule has 1 heterocycles. The molecule has 0 fully saturated rings. The minimum atomic E-state index is -0.129. The molecule has 0 aliphatic rings. The third-order valence-corrected chi connectivity index (χ3v) is 3.40. The van der Waals surface area contributed by atoms with Crippen molar-refractivity contribution in [1.29, 1.82) is 0 Å². The zero-order valence-corrected chi connectivity index (χ0v) is 11.8. The van der Waals surface area contributed by atoms with Crippen LogP contribution in [-0.2, 0) is 6.42 Å². The zero-order chi connectivity index (χ0) is 11.8. The standard InChI is InChI=1S/C13H15BrClN/c1-13(2,15)6-5-9-8-16-12-4-3-10(14)7-11(9)12/h3-4,7-8,16H,5-6H2,1-2H3. The number of aromatic amines is 1. The summed E-state index contributed by atoms with van der Waals surface area (Å²) in [5, 5.41) is 1.29. The fraction of sp³-hybridized carbons (Fsp3) is 0.385. The number of benzene rings is 1. The molecule has 0 amide bonds. The van der Waals surface area contributed by atoms with E-state index in [2.05, 4.69) is 53.1 Å². The van der Waals surface area contributed by atoms with Gasteiger partial charge >= 0.3 is 0 Å². The highest BCUT2D eigenvalue weighted by Gasteiger charge is 2.14. The Bertz CT molecular complexity index is 496. The SMILES string of the molecule is CC(C)(Cl)CCc1c[nH]c2ccc(Br)cc12. The number of aromatic nitrogens is 1. The van der Waals surface area contributed by atoms with Gasteiger partial charge in [0, 0.05) is 26.4 Å². The largest absolute Gasteiger partial charge is 0.361 e. The predicted octanol–water partition coefficient (Wildman–Crippen LogP) is 4.88. The van der Waals surface area contributed by atoms with Gasteiger partial charge in [-0.3, -0.25) is 0 Å². The van der Waals surface area contributed by atoms with Crippen LogP contribution in [0, 0.1) is 0 Å². The number of alkyl halides is 1. The van der Waals surface area contributed by atoms with E-state index in [4.69, 9.17) is 11.6 Å². The van der Waals surface area contributed by atoms with Crippen LogP contribution in [0.5, 0.6) is 0 Å². The van der Waals surface area contributed by atoms with E-state index in [1.807, 2.05) is 6.07 Å². The van der Waals surface area contributed by atoms with Gasteiger partial charge in [-0.05, 0) is 50.5 Å². The number of hydrogen-bond donors (Lipinski definition) is 1.